The molecule has 0 aliphatic carbocycles. The van der Waals surface area contributed by atoms with E-state index >= 15 is 0 Å². The van der Waals surface area contributed by atoms with Crippen LogP contribution in [0.15, 0.2) is 27.6 Å². The number of piperidine rings is 1. The standard InChI is InChI=1S/C12H17BrN2O2S.ClH/c1-9-2-3-10(13)8-12(9)18(16,17)15-11-4-6-14-7-5-11;/h2-3,8,11,14-15H,4-7H2,1H3;1H. The van der Waals surface area contributed by atoms with Crippen LogP contribution in [0.25, 0.3) is 0 Å². The van der Waals surface area contributed by atoms with Crippen LogP contribution in [0.1, 0.15) is 18.4 Å². The molecule has 1 fully saturated rings. The van der Waals surface area contributed by atoms with Gasteiger partial charge < -0.3 is 5.32 Å². The summed E-state index contributed by atoms with van der Waals surface area (Å²) in [4.78, 5) is 0.357. The highest BCUT2D eigenvalue weighted by Gasteiger charge is 2.23. The Labute approximate surface area is 128 Å². The van der Waals surface area contributed by atoms with Gasteiger partial charge >= 0.3 is 0 Å². The summed E-state index contributed by atoms with van der Waals surface area (Å²) in [5.41, 5.74) is 0.764. The van der Waals surface area contributed by atoms with Crippen LogP contribution in [0, 0.1) is 6.92 Å². The molecule has 2 N–H and O–H groups in total. The Morgan fingerprint density at radius 3 is 2.58 bits per heavy atom. The van der Waals surface area contributed by atoms with E-state index in [1.807, 2.05) is 13.0 Å². The van der Waals surface area contributed by atoms with Crippen molar-refractivity contribution < 1.29 is 8.42 Å². The molecule has 0 atom stereocenters. The van der Waals surface area contributed by atoms with E-state index in [0.29, 0.717) is 4.90 Å². The molecule has 4 nitrogen and oxygen atoms in total. The maximum absolute atomic E-state index is 12.3. The third-order valence-corrected chi connectivity index (χ3v) is 5.26. The van der Waals surface area contributed by atoms with E-state index in [-0.39, 0.29) is 18.4 Å². The van der Waals surface area contributed by atoms with E-state index in [1.165, 1.54) is 0 Å². The molecule has 1 saturated heterocycles. The Balaban J connectivity index is 0.00000180. The molecule has 1 aromatic carbocycles. The SMILES string of the molecule is Cc1ccc(Br)cc1S(=O)(=O)NC1CCNCC1.Cl. The molecule has 0 radical (unpaired) electrons. The molecule has 1 aromatic rings. The molecule has 2 rings (SSSR count). The third-order valence-electron chi connectivity index (χ3n) is 3.10. The summed E-state index contributed by atoms with van der Waals surface area (Å²) in [7, 11) is -3.42. The number of nitrogens with one attached hydrogen (secondary N) is 2. The topological polar surface area (TPSA) is 58.2 Å². The van der Waals surface area contributed by atoms with Gasteiger partial charge in [0.25, 0.3) is 0 Å². The molecule has 0 amide bonds. The average Bonchev–Trinajstić information content (AvgIpc) is 2.33. The smallest absolute Gasteiger partial charge is 0.241 e. The second-order valence-electron chi connectivity index (χ2n) is 4.56. The van der Waals surface area contributed by atoms with E-state index in [0.717, 1.165) is 36.0 Å². The minimum absolute atomic E-state index is 0. The van der Waals surface area contributed by atoms with Gasteiger partial charge in [0.1, 0.15) is 0 Å². The number of benzene rings is 1. The molecule has 0 unspecified atom stereocenters. The lowest BCUT2D eigenvalue weighted by Crippen LogP contribution is -2.42. The lowest BCUT2D eigenvalue weighted by atomic mass is 10.1. The minimum atomic E-state index is -3.42. The molecule has 0 aromatic heterocycles. The molecule has 0 spiro atoms. The number of sulfonamides is 1. The summed E-state index contributed by atoms with van der Waals surface area (Å²) >= 11 is 3.31. The van der Waals surface area contributed by atoms with E-state index in [9.17, 15) is 8.42 Å². The highest BCUT2D eigenvalue weighted by atomic mass is 79.9. The fourth-order valence-corrected chi connectivity index (χ4v) is 4.17. The maximum Gasteiger partial charge on any atom is 0.241 e. The lowest BCUT2D eigenvalue weighted by Gasteiger charge is -2.23. The van der Waals surface area contributed by atoms with Crippen molar-refractivity contribution in [1.29, 1.82) is 0 Å². The minimum Gasteiger partial charge on any atom is -0.317 e. The van der Waals surface area contributed by atoms with Crippen molar-refractivity contribution in [3.8, 4) is 0 Å². The van der Waals surface area contributed by atoms with Crippen LogP contribution in [-0.4, -0.2) is 27.5 Å². The zero-order chi connectivity index (χ0) is 13.2. The fraction of sp³-hybridized carbons (Fsp3) is 0.500. The molecule has 0 saturated carbocycles. The van der Waals surface area contributed by atoms with Crippen molar-refractivity contribution in [2.24, 2.45) is 0 Å². The quantitative estimate of drug-likeness (QED) is 0.859. The molecular formula is C12H18BrClN2O2S. The summed E-state index contributed by atoms with van der Waals surface area (Å²) in [6.45, 7) is 3.54. The maximum atomic E-state index is 12.3. The van der Waals surface area contributed by atoms with E-state index in [2.05, 4.69) is 26.0 Å². The Morgan fingerprint density at radius 1 is 1.32 bits per heavy atom. The summed E-state index contributed by atoms with van der Waals surface area (Å²) in [5.74, 6) is 0. The second kappa shape index (κ2) is 7.04. The molecule has 1 aliphatic heterocycles. The normalized spacial score (nSPS) is 16.9. The van der Waals surface area contributed by atoms with Crippen molar-refractivity contribution in [3.05, 3.63) is 28.2 Å². The predicted molar refractivity (Wildman–Crippen MR) is 82.3 cm³/mol. The summed E-state index contributed by atoms with van der Waals surface area (Å²) in [5, 5.41) is 3.22. The van der Waals surface area contributed by atoms with Gasteiger partial charge in [0.2, 0.25) is 10.0 Å². The van der Waals surface area contributed by atoms with E-state index < -0.39 is 10.0 Å². The zero-order valence-electron chi connectivity index (χ0n) is 10.6. The Hall–Kier alpha value is -0.140. The van der Waals surface area contributed by atoms with Gasteiger partial charge in [0, 0.05) is 10.5 Å². The van der Waals surface area contributed by atoms with Crippen LogP contribution in [0.5, 0.6) is 0 Å². The summed E-state index contributed by atoms with van der Waals surface area (Å²) in [6.07, 6.45) is 1.68. The van der Waals surface area contributed by atoms with E-state index in [4.69, 9.17) is 0 Å². The molecule has 1 heterocycles. The number of halogens is 2. The largest absolute Gasteiger partial charge is 0.317 e. The highest BCUT2D eigenvalue weighted by molar-refractivity contribution is 9.10. The number of hydrogen-bond donors (Lipinski definition) is 2. The van der Waals surface area contributed by atoms with Crippen LogP contribution in [0.4, 0.5) is 0 Å². The monoisotopic (exact) mass is 368 g/mol. The first-order valence-electron chi connectivity index (χ1n) is 5.98. The Kier molecular flexibility index (Phi) is 6.26. The molecular weight excluding hydrogens is 352 g/mol. The van der Waals surface area contributed by atoms with Gasteiger partial charge in [-0.2, -0.15) is 0 Å². The van der Waals surface area contributed by atoms with Gasteiger partial charge in [-0.25, -0.2) is 13.1 Å². The third kappa shape index (κ3) is 4.43. The van der Waals surface area contributed by atoms with Crippen molar-refractivity contribution in [2.75, 3.05) is 13.1 Å². The van der Waals surface area contributed by atoms with Gasteiger partial charge in [-0.1, -0.05) is 22.0 Å². The average molecular weight is 370 g/mol. The summed E-state index contributed by atoms with van der Waals surface area (Å²) in [6, 6.07) is 5.34. The van der Waals surface area contributed by atoms with Crippen LogP contribution in [-0.2, 0) is 10.0 Å². The van der Waals surface area contributed by atoms with Crippen LogP contribution in [0.3, 0.4) is 0 Å². The zero-order valence-corrected chi connectivity index (χ0v) is 13.9. The van der Waals surface area contributed by atoms with Crippen molar-refractivity contribution >= 4 is 38.4 Å². The number of rotatable bonds is 3. The molecule has 19 heavy (non-hydrogen) atoms. The van der Waals surface area contributed by atoms with Crippen molar-refractivity contribution in [1.82, 2.24) is 10.0 Å². The molecule has 108 valence electrons. The highest BCUT2D eigenvalue weighted by Crippen LogP contribution is 2.21. The first-order chi connectivity index (χ1) is 8.49. The molecule has 1 aliphatic rings. The van der Waals surface area contributed by atoms with Gasteiger partial charge in [-0.15, -0.1) is 12.4 Å². The summed E-state index contributed by atoms with van der Waals surface area (Å²) < 4.78 is 28.2. The van der Waals surface area contributed by atoms with Gasteiger partial charge in [-0.3, -0.25) is 0 Å². The number of hydrogen-bond acceptors (Lipinski definition) is 3. The van der Waals surface area contributed by atoms with Crippen LogP contribution < -0.4 is 10.0 Å². The van der Waals surface area contributed by atoms with Gasteiger partial charge in [0.05, 0.1) is 4.90 Å². The molecule has 7 heteroatoms. The Bertz CT molecular complexity index is 531. The van der Waals surface area contributed by atoms with Gasteiger partial charge in [0.15, 0.2) is 0 Å². The first kappa shape index (κ1) is 16.9. The molecule has 0 bridgehead atoms. The fourth-order valence-electron chi connectivity index (χ4n) is 2.09. The Morgan fingerprint density at radius 2 is 1.95 bits per heavy atom. The van der Waals surface area contributed by atoms with Gasteiger partial charge in [-0.05, 0) is 50.6 Å². The number of aryl methyl sites for hydroxylation is 1. The first-order valence-corrected chi connectivity index (χ1v) is 8.26. The predicted octanol–water partition coefficient (Wildman–Crippen LogP) is 2.21. The van der Waals surface area contributed by atoms with E-state index in [1.54, 1.807) is 12.1 Å². The van der Waals surface area contributed by atoms with Crippen molar-refractivity contribution in [2.45, 2.75) is 30.7 Å². The lowest BCUT2D eigenvalue weighted by molar-refractivity contribution is 0.427. The van der Waals surface area contributed by atoms with Crippen molar-refractivity contribution in [3.63, 3.8) is 0 Å². The second-order valence-corrected chi connectivity index (χ2v) is 7.15. The van der Waals surface area contributed by atoms with Crippen LogP contribution >= 0.6 is 28.3 Å². The van der Waals surface area contributed by atoms with Crippen LogP contribution in [0.2, 0.25) is 0 Å².